The Bertz CT molecular complexity index is 556. The van der Waals surface area contributed by atoms with Crippen LogP contribution in [0.2, 0.25) is 5.02 Å². The van der Waals surface area contributed by atoms with Gasteiger partial charge in [-0.2, -0.15) is 4.98 Å². The van der Waals surface area contributed by atoms with Crippen molar-refractivity contribution in [1.29, 1.82) is 0 Å². The summed E-state index contributed by atoms with van der Waals surface area (Å²) in [5.41, 5.74) is 6.99. The van der Waals surface area contributed by atoms with E-state index < -0.39 is 0 Å². The minimum Gasteiger partial charge on any atom is -0.333 e. The Morgan fingerprint density at radius 2 is 2.11 bits per heavy atom. The summed E-state index contributed by atoms with van der Waals surface area (Å²) in [6, 6.07) is -0.269. The molecule has 2 N–H and O–H groups in total. The molecule has 0 aliphatic rings. The van der Waals surface area contributed by atoms with Gasteiger partial charge in [0.05, 0.1) is 11.1 Å². The van der Waals surface area contributed by atoms with Crippen molar-refractivity contribution in [3.63, 3.8) is 0 Å². The summed E-state index contributed by atoms with van der Waals surface area (Å²) in [5.74, 6) is 0.951. The maximum atomic E-state index is 6.17. The van der Waals surface area contributed by atoms with Crippen LogP contribution in [0, 0.1) is 12.3 Å². The number of nitrogens with two attached hydrogens (primary N) is 1. The van der Waals surface area contributed by atoms with Gasteiger partial charge in [-0.3, -0.25) is 0 Å². The van der Waals surface area contributed by atoms with Crippen LogP contribution in [-0.2, 0) is 0 Å². The molecule has 6 heteroatoms. The number of aromatic nitrogens is 2. The zero-order chi connectivity index (χ0) is 13.5. The summed E-state index contributed by atoms with van der Waals surface area (Å²) in [6.45, 7) is 8.06. The van der Waals surface area contributed by atoms with E-state index in [1.165, 1.54) is 11.3 Å². The van der Waals surface area contributed by atoms with Crippen molar-refractivity contribution in [3.8, 4) is 10.8 Å². The maximum Gasteiger partial charge on any atom is 0.269 e. The Morgan fingerprint density at radius 3 is 2.61 bits per heavy atom. The van der Waals surface area contributed by atoms with Gasteiger partial charge in [-0.15, -0.1) is 11.3 Å². The van der Waals surface area contributed by atoms with Crippen LogP contribution >= 0.6 is 22.9 Å². The molecule has 2 rings (SSSR count). The second-order valence-electron chi connectivity index (χ2n) is 5.36. The molecule has 0 fully saturated rings. The minimum atomic E-state index is -0.269. The molecule has 0 saturated heterocycles. The first-order valence-electron chi connectivity index (χ1n) is 5.64. The average Bonchev–Trinajstić information content (AvgIpc) is 2.85. The SMILES string of the molecule is Cc1csc(-c2nc(C(N)C(C)(C)C)no2)c1Cl. The van der Waals surface area contributed by atoms with E-state index in [-0.39, 0.29) is 11.5 Å². The highest BCUT2D eigenvalue weighted by atomic mass is 35.5. The predicted molar refractivity (Wildman–Crippen MR) is 73.7 cm³/mol. The Hall–Kier alpha value is -0.910. The molecule has 2 heterocycles. The molecule has 0 saturated carbocycles. The van der Waals surface area contributed by atoms with Gasteiger partial charge < -0.3 is 10.3 Å². The second kappa shape index (κ2) is 4.64. The standard InChI is InChI=1S/C12H16ClN3OS/c1-6-5-18-8(7(6)13)11-15-10(16-17-11)9(14)12(2,3)4/h5,9H,14H2,1-4H3. The molecule has 0 aliphatic carbocycles. The molecule has 0 spiro atoms. The summed E-state index contributed by atoms with van der Waals surface area (Å²) in [5, 5.41) is 6.58. The van der Waals surface area contributed by atoms with E-state index in [2.05, 4.69) is 10.1 Å². The molecule has 1 unspecified atom stereocenters. The molecule has 0 bridgehead atoms. The summed E-state index contributed by atoms with van der Waals surface area (Å²) in [7, 11) is 0. The molecule has 4 nitrogen and oxygen atoms in total. The fourth-order valence-corrected chi connectivity index (χ4v) is 2.61. The molecule has 18 heavy (non-hydrogen) atoms. The average molecular weight is 286 g/mol. The molecule has 0 aromatic carbocycles. The van der Waals surface area contributed by atoms with Gasteiger partial charge in [0.2, 0.25) is 0 Å². The number of hydrogen-bond donors (Lipinski definition) is 1. The highest BCUT2D eigenvalue weighted by Crippen LogP contribution is 2.36. The van der Waals surface area contributed by atoms with Gasteiger partial charge in [0.15, 0.2) is 5.82 Å². The van der Waals surface area contributed by atoms with Crippen LogP contribution in [0.4, 0.5) is 0 Å². The lowest BCUT2D eigenvalue weighted by Crippen LogP contribution is -2.27. The summed E-state index contributed by atoms with van der Waals surface area (Å²) in [6.07, 6.45) is 0. The first kappa shape index (κ1) is 13.5. The van der Waals surface area contributed by atoms with Crippen molar-refractivity contribution >= 4 is 22.9 Å². The molecule has 0 radical (unpaired) electrons. The van der Waals surface area contributed by atoms with Crippen molar-refractivity contribution < 1.29 is 4.52 Å². The number of thiophene rings is 1. The van der Waals surface area contributed by atoms with E-state index in [4.69, 9.17) is 21.9 Å². The first-order chi connectivity index (χ1) is 8.30. The van der Waals surface area contributed by atoms with E-state index in [9.17, 15) is 0 Å². The highest BCUT2D eigenvalue weighted by Gasteiger charge is 2.27. The fourth-order valence-electron chi connectivity index (χ4n) is 1.41. The van der Waals surface area contributed by atoms with E-state index in [1.807, 2.05) is 33.1 Å². The number of rotatable bonds is 2. The van der Waals surface area contributed by atoms with Gasteiger partial charge in [-0.05, 0) is 23.3 Å². The maximum absolute atomic E-state index is 6.17. The highest BCUT2D eigenvalue weighted by molar-refractivity contribution is 7.14. The third-order valence-corrected chi connectivity index (χ3v) is 4.43. The Morgan fingerprint density at radius 1 is 1.44 bits per heavy atom. The van der Waals surface area contributed by atoms with Gasteiger partial charge in [0.25, 0.3) is 5.89 Å². The lowest BCUT2D eigenvalue weighted by Gasteiger charge is -2.23. The Labute approximate surface area is 115 Å². The van der Waals surface area contributed by atoms with Crippen LogP contribution in [0.1, 0.15) is 38.2 Å². The Balaban J connectivity index is 2.34. The van der Waals surface area contributed by atoms with E-state index >= 15 is 0 Å². The molecular formula is C12H16ClN3OS. The zero-order valence-electron chi connectivity index (χ0n) is 10.8. The van der Waals surface area contributed by atoms with Crippen LogP contribution in [0.25, 0.3) is 10.8 Å². The number of aryl methyl sites for hydroxylation is 1. The largest absolute Gasteiger partial charge is 0.333 e. The topological polar surface area (TPSA) is 64.9 Å². The first-order valence-corrected chi connectivity index (χ1v) is 6.89. The minimum absolute atomic E-state index is 0.115. The zero-order valence-corrected chi connectivity index (χ0v) is 12.4. The molecule has 0 aliphatic heterocycles. The van der Waals surface area contributed by atoms with Crippen molar-refractivity contribution in [2.24, 2.45) is 11.1 Å². The third kappa shape index (κ3) is 2.43. The quantitative estimate of drug-likeness (QED) is 0.911. The lowest BCUT2D eigenvalue weighted by atomic mass is 9.87. The summed E-state index contributed by atoms with van der Waals surface area (Å²) < 4.78 is 5.25. The van der Waals surface area contributed by atoms with Crippen LogP contribution in [-0.4, -0.2) is 10.1 Å². The van der Waals surface area contributed by atoms with E-state index in [0.29, 0.717) is 16.7 Å². The number of halogens is 1. The van der Waals surface area contributed by atoms with Crippen LogP contribution in [0.5, 0.6) is 0 Å². The second-order valence-corrected chi connectivity index (χ2v) is 6.62. The van der Waals surface area contributed by atoms with Crippen molar-refractivity contribution in [3.05, 3.63) is 21.8 Å². The van der Waals surface area contributed by atoms with Crippen molar-refractivity contribution in [1.82, 2.24) is 10.1 Å². The predicted octanol–water partition coefficient (Wildman–Crippen LogP) is 3.81. The fraction of sp³-hybridized carbons (Fsp3) is 0.500. The third-order valence-electron chi connectivity index (χ3n) is 2.75. The molecule has 2 aromatic heterocycles. The van der Waals surface area contributed by atoms with Gasteiger partial charge in [-0.25, -0.2) is 0 Å². The smallest absolute Gasteiger partial charge is 0.269 e. The molecule has 0 amide bonds. The van der Waals surface area contributed by atoms with Crippen LogP contribution in [0.3, 0.4) is 0 Å². The van der Waals surface area contributed by atoms with Crippen LogP contribution < -0.4 is 5.73 Å². The summed E-state index contributed by atoms with van der Waals surface area (Å²) >= 11 is 7.67. The molecule has 2 aromatic rings. The van der Waals surface area contributed by atoms with Gasteiger partial charge >= 0.3 is 0 Å². The number of hydrogen-bond acceptors (Lipinski definition) is 5. The van der Waals surface area contributed by atoms with Gasteiger partial charge in [-0.1, -0.05) is 37.5 Å². The number of nitrogens with zero attached hydrogens (tertiary/aromatic N) is 2. The summed E-state index contributed by atoms with van der Waals surface area (Å²) in [4.78, 5) is 5.14. The van der Waals surface area contributed by atoms with Gasteiger partial charge in [0, 0.05) is 0 Å². The Kier molecular flexibility index (Phi) is 3.49. The molecular weight excluding hydrogens is 270 g/mol. The lowest BCUT2D eigenvalue weighted by molar-refractivity contribution is 0.303. The van der Waals surface area contributed by atoms with Crippen molar-refractivity contribution in [2.75, 3.05) is 0 Å². The molecule has 1 atom stereocenters. The van der Waals surface area contributed by atoms with E-state index in [1.54, 1.807) is 0 Å². The van der Waals surface area contributed by atoms with Gasteiger partial charge in [0.1, 0.15) is 4.88 Å². The van der Waals surface area contributed by atoms with Crippen LogP contribution in [0.15, 0.2) is 9.90 Å². The van der Waals surface area contributed by atoms with E-state index in [0.717, 1.165) is 10.4 Å². The molecule has 98 valence electrons. The monoisotopic (exact) mass is 285 g/mol. The normalized spacial score (nSPS) is 13.9. The van der Waals surface area contributed by atoms with Crippen molar-refractivity contribution in [2.45, 2.75) is 33.7 Å².